The van der Waals surface area contributed by atoms with Crippen molar-refractivity contribution in [2.45, 2.75) is 27.2 Å². The Bertz CT molecular complexity index is 558. The molecule has 3 nitrogen and oxygen atoms in total. The summed E-state index contributed by atoms with van der Waals surface area (Å²) in [4.78, 5) is 26.2. The first-order valence-corrected chi connectivity index (χ1v) is 7.97. The van der Waals surface area contributed by atoms with Gasteiger partial charge in [-0.05, 0) is 53.6 Å². The van der Waals surface area contributed by atoms with E-state index in [0.29, 0.717) is 5.69 Å². The molecule has 1 saturated heterocycles. The Labute approximate surface area is 135 Å². The number of benzene rings is 1. The number of amides is 2. The molecule has 0 N–H and O–H groups in total. The van der Waals surface area contributed by atoms with Gasteiger partial charge in [0.25, 0.3) is 0 Å². The molecule has 102 valence electrons. The molecule has 0 aromatic heterocycles. The molecule has 1 aliphatic rings. The predicted molar refractivity (Wildman–Crippen MR) is 86.9 cm³/mol. The van der Waals surface area contributed by atoms with Gasteiger partial charge >= 0.3 is 0 Å². The van der Waals surface area contributed by atoms with E-state index < -0.39 is 5.41 Å². The minimum Gasteiger partial charge on any atom is -0.274 e. The van der Waals surface area contributed by atoms with Crippen LogP contribution in [0.3, 0.4) is 0 Å². The van der Waals surface area contributed by atoms with Crippen LogP contribution in [0.5, 0.6) is 0 Å². The minimum absolute atomic E-state index is 0.0940. The molecule has 2 amide bonds. The van der Waals surface area contributed by atoms with Crippen LogP contribution in [0.2, 0.25) is 0 Å². The molecule has 19 heavy (non-hydrogen) atoms. The van der Waals surface area contributed by atoms with Crippen molar-refractivity contribution < 1.29 is 9.59 Å². The van der Waals surface area contributed by atoms with E-state index in [-0.39, 0.29) is 24.2 Å². The number of rotatable bonds is 2. The Hall–Kier alpha value is -0.430. The number of anilines is 1. The van der Waals surface area contributed by atoms with Crippen LogP contribution in [-0.2, 0) is 9.59 Å². The zero-order chi connectivity index (χ0) is 14.4. The number of halogens is 2. The monoisotopic (exact) mass is 435 g/mol. The highest BCUT2D eigenvalue weighted by Crippen LogP contribution is 2.42. The van der Waals surface area contributed by atoms with Gasteiger partial charge in [-0.15, -0.1) is 0 Å². The van der Waals surface area contributed by atoms with E-state index in [4.69, 9.17) is 0 Å². The van der Waals surface area contributed by atoms with Crippen molar-refractivity contribution in [2.24, 2.45) is 11.3 Å². The van der Waals surface area contributed by atoms with Gasteiger partial charge in [0.15, 0.2) is 0 Å². The molecule has 0 aliphatic carbocycles. The van der Waals surface area contributed by atoms with E-state index in [9.17, 15) is 9.59 Å². The van der Waals surface area contributed by atoms with Gasteiger partial charge in [-0.3, -0.25) is 9.59 Å². The quantitative estimate of drug-likeness (QED) is 0.520. The molecule has 1 aromatic carbocycles. The SMILES string of the molecule is CC(C)C1(C)CC(=O)N(c2cc(Br)ccc2I)C1=O. The first-order chi connectivity index (χ1) is 8.77. The first-order valence-electron chi connectivity index (χ1n) is 6.10. The number of imide groups is 1. The van der Waals surface area contributed by atoms with E-state index in [2.05, 4.69) is 38.5 Å². The van der Waals surface area contributed by atoms with Gasteiger partial charge in [-0.25, -0.2) is 4.90 Å². The van der Waals surface area contributed by atoms with Crippen molar-refractivity contribution in [1.82, 2.24) is 0 Å². The summed E-state index contributed by atoms with van der Waals surface area (Å²) in [5, 5.41) is 0. The Morgan fingerprint density at radius 1 is 1.37 bits per heavy atom. The molecule has 0 spiro atoms. The molecule has 0 bridgehead atoms. The van der Waals surface area contributed by atoms with Crippen LogP contribution in [-0.4, -0.2) is 11.8 Å². The first kappa shape index (κ1) is 15.0. The van der Waals surface area contributed by atoms with E-state index in [1.807, 2.05) is 39.0 Å². The molecule has 5 heteroatoms. The molecule has 1 atom stereocenters. The van der Waals surface area contributed by atoms with Gasteiger partial charge in [0, 0.05) is 14.5 Å². The maximum absolute atomic E-state index is 12.6. The number of hydrogen-bond donors (Lipinski definition) is 0. The third-order valence-corrected chi connectivity index (χ3v) is 5.29. The lowest BCUT2D eigenvalue weighted by Gasteiger charge is -2.26. The van der Waals surface area contributed by atoms with E-state index >= 15 is 0 Å². The van der Waals surface area contributed by atoms with E-state index in [0.717, 1.165) is 8.04 Å². The lowest BCUT2D eigenvalue weighted by Crippen LogP contribution is -2.37. The lowest BCUT2D eigenvalue weighted by atomic mass is 9.78. The molecule has 2 rings (SSSR count). The van der Waals surface area contributed by atoms with Crippen LogP contribution in [0.15, 0.2) is 22.7 Å². The van der Waals surface area contributed by atoms with Crippen LogP contribution in [0.25, 0.3) is 0 Å². The van der Waals surface area contributed by atoms with Crippen molar-refractivity contribution in [3.63, 3.8) is 0 Å². The summed E-state index contributed by atoms with van der Waals surface area (Å²) < 4.78 is 1.76. The molecular formula is C14H15BrINO2. The van der Waals surface area contributed by atoms with Crippen LogP contribution in [0.1, 0.15) is 27.2 Å². The number of carbonyl (C=O) groups excluding carboxylic acids is 2. The average Bonchev–Trinajstić information content (AvgIpc) is 2.55. The lowest BCUT2D eigenvalue weighted by molar-refractivity contribution is -0.126. The number of carbonyl (C=O) groups is 2. The fraction of sp³-hybridized carbons (Fsp3) is 0.429. The summed E-state index contributed by atoms with van der Waals surface area (Å²) in [5.74, 6) is -0.0699. The zero-order valence-corrected chi connectivity index (χ0v) is 14.8. The van der Waals surface area contributed by atoms with Crippen molar-refractivity contribution in [3.05, 3.63) is 26.2 Å². The Morgan fingerprint density at radius 3 is 2.53 bits per heavy atom. The van der Waals surface area contributed by atoms with Gasteiger partial charge < -0.3 is 0 Å². The highest BCUT2D eigenvalue weighted by molar-refractivity contribution is 14.1. The second kappa shape index (κ2) is 5.16. The summed E-state index contributed by atoms with van der Waals surface area (Å²) in [6, 6.07) is 5.62. The van der Waals surface area contributed by atoms with Crippen LogP contribution in [0, 0.1) is 14.9 Å². The fourth-order valence-electron chi connectivity index (χ4n) is 2.19. The van der Waals surface area contributed by atoms with Gasteiger partial charge in [-0.2, -0.15) is 0 Å². The predicted octanol–water partition coefficient (Wildman–Crippen LogP) is 3.98. The third-order valence-electron chi connectivity index (χ3n) is 3.88. The Morgan fingerprint density at radius 2 is 2.00 bits per heavy atom. The molecule has 0 saturated carbocycles. The summed E-state index contributed by atoms with van der Waals surface area (Å²) in [5.41, 5.74) is 0.0806. The maximum atomic E-state index is 12.6. The largest absolute Gasteiger partial charge is 0.274 e. The van der Waals surface area contributed by atoms with Crippen molar-refractivity contribution in [1.29, 1.82) is 0 Å². The van der Waals surface area contributed by atoms with Gasteiger partial charge in [-0.1, -0.05) is 29.8 Å². The van der Waals surface area contributed by atoms with Gasteiger partial charge in [0.05, 0.1) is 11.1 Å². The second-order valence-electron chi connectivity index (χ2n) is 5.38. The Balaban J connectivity index is 2.49. The summed E-state index contributed by atoms with van der Waals surface area (Å²) in [6.45, 7) is 5.85. The van der Waals surface area contributed by atoms with Crippen LogP contribution in [0.4, 0.5) is 5.69 Å². The van der Waals surface area contributed by atoms with Crippen molar-refractivity contribution in [3.8, 4) is 0 Å². The second-order valence-corrected chi connectivity index (χ2v) is 7.46. The molecule has 1 heterocycles. The van der Waals surface area contributed by atoms with Crippen molar-refractivity contribution in [2.75, 3.05) is 4.90 Å². The summed E-state index contributed by atoms with van der Waals surface area (Å²) >= 11 is 5.54. The van der Waals surface area contributed by atoms with E-state index in [1.165, 1.54) is 4.90 Å². The molecule has 1 aromatic rings. The molecule has 1 aliphatic heterocycles. The van der Waals surface area contributed by atoms with Crippen LogP contribution >= 0.6 is 38.5 Å². The maximum Gasteiger partial charge on any atom is 0.240 e. The summed E-state index contributed by atoms with van der Waals surface area (Å²) in [7, 11) is 0. The van der Waals surface area contributed by atoms with Crippen LogP contribution < -0.4 is 4.90 Å². The summed E-state index contributed by atoms with van der Waals surface area (Å²) in [6.07, 6.45) is 0.284. The molecular weight excluding hydrogens is 421 g/mol. The smallest absolute Gasteiger partial charge is 0.240 e. The molecule has 1 fully saturated rings. The van der Waals surface area contributed by atoms with Crippen molar-refractivity contribution >= 4 is 56.0 Å². The van der Waals surface area contributed by atoms with Gasteiger partial charge in [0.2, 0.25) is 11.8 Å². The standard InChI is InChI=1S/C14H15BrINO2/c1-8(2)14(3)7-12(18)17(13(14)19)11-6-9(15)4-5-10(11)16/h4-6,8H,7H2,1-3H3. The molecule has 1 unspecified atom stereocenters. The highest BCUT2D eigenvalue weighted by atomic mass is 127. The Kier molecular flexibility index (Phi) is 4.07. The average molecular weight is 436 g/mol. The van der Waals surface area contributed by atoms with E-state index in [1.54, 1.807) is 0 Å². The normalized spacial score (nSPS) is 23.6. The molecule has 0 radical (unpaired) electrons. The minimum atomic E-state index is -0.595. The number of nitrogens with zero attached hydrogens (tertiary/aromatic N) is 1. The highest BCUT2D eigenvalue weighted by Gasteiger charge is 2.50. The topological polar surface area (TPSA) is 37.4 Å². The fourth-order valence-corrected chi connectivity index (χ4v) is 3.12. The zero-order valence-electron chi connectivity index (χ0n) is 11.0. The van der Waals surface area contributed by atoms with Gasteiger partial charge in [0.1, 0.15) is 0 Å². The third kappa shape index (κ3) is 2.46. The number of hydrogen-bond acceptors (Lipinski definition) is 2.